The van der Waals surface area contributed by atoms with Crippen LogP contribution < -0.4 is 0 Å². The molecule has 0 saturated heterocycles. The minimum atomic E-state index is -3.44. The van der Waals surface area contributed by atoms with E-state index in [1.165, 1.54) is 6.20 Å². The highest BCUT2D eigenvalue weighted by molar-refractivity contribution is 9.09. The van der Waals surface area contributed by atoms with E-state index < -0.39 is 10.0 Å². The van der Waals surface area contributed by atoms with E-state index in [0.717, 1.165) is 27.0 Å². The molecule has 0 aliphatic rings. The monoisotopic (exact) mass is 391 g/mol. The van der Waals surface area contributed by atoms with Crippen LogP contribution in [0.1, 0.15) is 16.0 Å². The molecule has 1 unspecified atom stereocenters. The molecule has 2 aromatic carbocycles. The molecule has 0 radical (unpaired) electrons. The van der Waals surface area contributed by atoms with Gasteiger partial charge in [-0.3, -0.25) is 0 Å². The average molecular weight is 392 g/mol. The molecule has 0 fully saturated rings. The fraction of sp³-hybridized carbons (Fsp3) is 0.125. The number of hydrogen-bond acceptors (Lipinski definition) is 4. The van der Waals surface area contributed by atoms with Crippen molar-refractivity contribution in [1.29, 1.82) is 0 Å². The minimum Gasteiger partial charge on any atom is -0.205 e. The van der Waals surface area contributed by atoms with Crippen molar-refractivity contribution in [3.8, 4) is 11.3 Å². The van der Waals surface area contributed by atoms with Gasteiger partial charge in [0.25, 0.3) is 10.0 Å². The first-order chi connectivity index (χ1) is 11.0. The molecule has 1 atom stereocenters. The molecule has 0 aliphatic heterocycles. The Morgan fingerprint density at radius 3 is 2.35 bits per heavy atom. The second kappa shape index (κ2) is 6.25. The van der Waals surface area contributed by atoms with Gasteiger partial charge in [0.15, 0.2) is 0 Å². The molecule has 3 aromatic rings. The van der Waals surface area contributed by atoms with E-state index in [-0.39, 0.29) is 4.83 Å². The number of rotatable bonds is 4. The molecule has 0 N–H and O–H groups in total. The molecule has 1 heterocycles. The second-order valence-electron chi connectivity index (χ2n) is 5.10. The standard InChI is InChI=1S/C16H14BrN3O2S/c1-23(21,22)20-11-15(18-19-20)13-9-5-6-10-14(13)16(17)12-7-3-2-4-8-12/h2-11,16H,1H3. The molecule has 0 amide bonds. The molecule has 3 rings (SSSR count). The lowest BCUT2D eigenvalue weighted by molar-refractivity contribution is 0.583. The van der Waals surface area contributed by atoms with Crippen LogP contribution in [0.5, 0.6) is 0 Å². The largest absolute Gasteiger partial charge is 0.252 e. The quantitative estimate of drug-likeness (QED) is 0.640. The lowest BCUT2D eigenvalue weighted by atomic mass is 9.98. The average Bonchev–Trinajstić information content (AvgIpc) is 3.05. The van der Waals surface area contributed by atoms with Crippen molar-refractivity contribution in [2.45, 2.75) is 4.83 Å². The van der Waals surface area contributed by atoms with E-state index in [9.17, 15) is 8.42 Å². The summed E-state index contributed by atoms with van der Waals surface area (Å²) >= 11 is 3.72. The highest BCUT2D eigenvalue weighted by Gasteiger charge is 2.18. The van der Waals surface area contributed by atoms with Crippen LogP contribution in [0.15, 0.2) is 60.8 Å². The van der Waals surface area contributed by atoms with Crippen LogP contribution in [-0.2, 0) is 10.0 Å². The van der Waals surface area contributed by atoms with E-state index in [4.69, 9.17) is 0 Å². The zero-order valence-electron chi connectivity index (χ0n) is 12.3. The van der Waals surface area contributed by atoms with Crippen LogP contribution in [0.3, 0.4) is 0 Å². The van der Waals surface area contributed by atoms with Gasteiger partial charge < -0.3 is 0 Å². The van der Waals surface area contributed by atoms with Crippen molar-refractivity contribution >= 4 is 26.0 Å². The summed E-state index contributed by atoms with van der Waals surface area (Å²) < 4.78 is 24.0. The van der Waals surface area contributed by atoms with Gasteiger partial charge in [0.1, 0.15) is 5.69 Å². The van der Waals surface area contributed by atoms with Gasteiger partial charge >= 0.3 is 0 Å². The summed E-state index contributed by atoms with van der Waals surface area (Å²) in [6.45, 7) is 0. The van der Waals surface area contributed by atoms with Gasteiger partial charge in [0.05, 0.1) is 17.3 Å². The van der Waals surface area contributed by atoms with E-state index in [2.05, 4.69) is 26.2 Å². The molecule has 0 bridgehead atoms. The fourth-order valence-electron chi connectivity index (χ4n) is 2.29. The Hall–Kier alpha value is -1.99. The fourth-order valence-corrected chi connectivity index (χ4v) is 3.45. The van der Waals surface area contributed by atoms with Crippen LogP contribution in [0.4, 0.5) is 0 Å². The third-order valence-corrected chi connectivity index (χ3v) is 5.30. The van der Waals surface area contributed by atoms with Gasteiger partial charge in [-0.1, -0.05) is 75.7 Å². The summed E-state index contributed by atoms with van der Waals surface area (Å²) in [5.74, 6) is 0. The van der Waals surface area contributed by atoms with Crippen LogP contribution in [-0.4, -0.2) is 29.1 Å². The summed E-state index contributed by atoms with van der Waals surface area (Å²) in [5, 5.41) is 7.70. The third kappa shape index (κ3) is 3.35. The lowest BCUT2D eigenvalue weighted by Crippen LogP contribution is -2.10. The van der Waals surface area contributed by atoms with Crippen molar-refractivity contribution in [3.05, 3.63) is 71.9 Å². The van der Waals surface area contributed by atoms with E-state index >= 15 is 0 Å². The second-order valence-corrected chi connectivity index (χ2v) is 7.86. The van der Waals surface area contributed by atoms with Crippen molar-refractivity contribution in [1.82, 2.24) is 14.4 Å². The number of alkyl halides is 1. The van der Waals surface area contributed by atoms with Crippen molar-refractivity contribution in [2.75, 3.05) is 6.26 Å². The molecule has 0 aliphatic carbocycles. The van der Waals surface area contributed by atoms with Crippen molar-refractivity contribution in [3.63, 3.8) is 0 Å². The molecule has 5 nitrogen and oxygen atoms in total. The van der Waals surface area contributed by atoms with Crippen molar-refractivity contribution < 1.29 is 8.42 Å². The first-order valence-corrected chi connectivity index (χ1v) is 9.64. The summed E-state index contributed by atoms with van der Waals surface area (Å²) in [4.78, 5) is -0.0247. The Morgan fingerprint density at radius 1 is 1.04 bits per heavy atom. The molecule has 118 valence electrons. The van der Waals surface area contributed by atoms with Gasteiger partial charge in [-0.25, -0.2) is 8.42 Å². The van der Waals surface area contributed by atoms with E-state index in [1.807, 2.05) is 54.6 Å². The SMILES string of the molecule is CS(=O)(=O)n1cc(-c2ccccc2C(Br)c2ccccc2)nn1. The molecular formula is C16H14BrN3O2S. The Kier molecular flexibility index (Phi) is 4.32. The molecule has 7 heteroatoms. The van der Waals surface area contributed by atoms with Crippen LogP contribution >= 0.6 is 15.9 Å². The predicted molar refractivity (Wildman–Crippen MR) is 92.9 cm³/mol. The summed E-state index contributed by atoms with van der Waals surface area (Å²) in [7, 11) is -3.44. The predicted octanol–water partition coefficient (Wildman–Crippen LogP) is 3.24. The number of halogens is 1. The van der Waals surface area contributed by atoms with Gasteiger partial charge in [0.2, 0.25) is 0 Å². The van der Waals surface area contributed by atoms with Crippen molar-refractivity contribution in [2.24, 2.45) is 0 Å². The molecule has 0 spiro atoms. The van der Waals surface area contributed by atoms with Gasteiger partial charge in [-0.05, 0) is 11.1 Å². The first kappa shape index (κ1) is 15.9. The van der Waals surface area contributed by atoms with Gasteiger partial charge in [0, 0.05) is 5.56 Å². The number of hydrogen-bond donors (Lipinski definition) is 0. The molecular weight excluding hydrogens is 378 g/mol. The highest BCUT2D eigenvalue weighted by atomic mass is 79.9. The molecule has 1 aromatic heterocycles. The maximum absolute atomic E-state index is 11.6. The smallest absolute Gasteiger partial charge is 0.205 e. The Bertz CT molecular complexity index is 923. The molecule has 0 saturated carbocycles. The minimum absolute atomic E-state index is 0.0247. The van der Waals surface area contributed by atoms with E-state index in [0.29, 0.717) is 5.69 Å². The first-order valence-electron chi connectivity index (χ1n) is 6.88. The number of benzene rings is 2. The zero-order valence-corrected chi connectivity index (χ0v) is 14.7. The lowest BCUT2D eigenvalue weighted by Gasteiger charge is -2.14. The van der Waals surface area contributed by atoms with E-state index in [1.54, 1.807) is 0 Å². The van der Waals surface area contributed by atoms with Crippen LogP contribution in [0.2, 0.25) is 0 Å². The summed E-state index contributed by atoms with van der Waals surface area (Å²) in [5.41, 5.74) is 3.47. The normalized spacial score (nSPS) is 13.0. The third-order valence-electron chi connectivity index (χ3n) is 3.42. The summed E-state index contributed by atoms with van der Waals surface area (Å²) in [6.07, 6.45) is 2.52. The number of aromatic nitrogens is 3. The zero-order chi connectivity index (χ0) is 16.4. The number of nitrogens with zero attached hydrogens (tertiary/aromatic N) is 3. The topological polar surface area (TPSA) is 64.8 Å². The molecule has 23 heavy (non-hydrogen) atoms. The van der Waals surface area contributed by atoms with Crippen LogP contribution in [0, 0.1) is 0 Å². The Morgan fingerprint density at radius 2 is 1.70 bits per heavy atom. The maximum Gasteiger partial charge on any atom is 0.252 e. The highest BCUT2D eigenvalue weighted by Crippen LogP contribution is 2.36. The van der Waals surface area contributed by atoms with Crippen LogP contribution in [0.25, 0.3) is 11.3 Å². The summed E-state index contributed by atoms with van der Waals surface area (Å²) in [6, 6.07) is 17.7. The van der Waals surface area contributed by atoms with Gasteiger partial charge in [-0.15, -0.1) is 9.19 Å². The Labute approximate surface area is 143 Å². The van der Waals surface area contributed by atoms with Gasteiger partial charge in [-0.2, -0.15) is 0 Å². The Balaban J connectivity index is 2.07. The maximum atomic E-state index is 11.6.